The maximum Gasteiger partial charge on any atom is 0.0948 e. The summed E-state index contributed by atoms with van der Waals surface area (Å²) in [5.41, 5.74) is 1.14. The Balaban J connectivity index is 1.87. The van der Waals surface area contributed by atoms with E-state index in [-0.39, 0.29) is 0 Å². The monoisotopic (exact) mass is 241 g/mol. The van der Waals surface area contributed by atoms with Crippen LogP contribution in [0.4, 0.5) is 0 Å². The van der Waals surface area contributed by atoms with E-state index in [1.165, 1.54) is 32.5 Å². The van der Waals surface area contributed by atoms with E-state index in [4.69, 9.17) is 11.6 Å². The second kappa shape index (κ2) is 5.69. The molecule has 1 aliphatic rings. The van der Waals surface area contributed by atoms with E-state index < -0.39 is 0 Å². The molecule has 0 saturated carbocycles. The van der Waals surface area contributed by atoms with Crippen molar-refractivity contribution in [1.29, 1.82) is 0 Å². The molecule has 1 aromatic heterocycles. The van der Waals surface area contributed by atoms with Crippen molar-refractivity contribution >= 4 is 11.6 Å². The summed E-state index contributed by atoms with van der Waals surface area (Å²) in [6.07, 6.45) is 6.37. The minimum Gasteiger partial charge on any atom is -0.333 e. The average molecular weight is 242 g/mol. The van der Waals surface area contributed by atoms with Crippen molar-refractivity contribution in [2.24, 2.45) is 5.92 Å². The van der Waals surface area contributed by atoms with Gasteiger partial charge in [0.1, 0.15) is 0 Å². The molecule has 1 saturated heterocycles. The fourth-order valence-corrected chi connectivity index (χ4v) is 2.61. The van der Waals surface area contributed by atoms with Gasteiger partial charge >= 0.3 is 0 Å². The number of hydrogen-bond donors (Lipinski definition) is 0. The molecule has 90 valence electrons. The Bertz CT molecular complexity index is 316. The standard InChI is InChI=1S/C12H20ClN3/c1-2-15-5-3-11(4-6-15)9-16-10-14-8-12(16)7-13/h8,10-11H,2-7,9H2,1H3. The largest absolute Gasteiger partial charge is 0.333 e. The predicted octanol–water partition coefficient (Wildman–Crippen LogP) is 2.35. The lowest BCUT2D eigenvalue weighted by atomic mass is 9.97. The lowest BCUT2D eigenvalue weighted by molar-refractivity contribution is 0.180. The van der Waals surface area contributed by atoms with Gasteiger partial charge in [0.05, 0.1) is 17.9 Å². The van der Waals surface area contributed by atoms with Gasteiger partial charge in [-0.05, 0) is 38.4 Å². The van der Waals surface area contributed by atoms with Crippen molar-refractivity contribution < 1.29 is 0 Å². The van der Waals surface area contributed by atoms with Crippen LogP contribution in [0.25, 0.3) is 0 Å². The molecule has 0 amide bonds. The molecule has 2 heterocycles. The van der Waals surface area contributed by atoms with E-state index in [0.717, 1.165) is 18.2 Å². The summed E-state index contributed by atoms with van der Waals surface area (Å²) in [5.74, 6) is 1.35. The highest BCUT2D eigenvalue weighted by Gasteiger charge is 2.18. The molecule has 0 spiro atoms. The normalized spacial score (nSPS) is 19.1. The molecular formula is C12H20ClN3. The third kappa shape index (κ3) is 2.77. The highest BCUT2D eigenvalue weighted by molar-refractivity contribution is 6.16. The Hall–Kier alpha value is -0.540. The average Bonchev–Trinajstić information content (AvgIpc) is 2.77. The molecule has 4 heteroatoms. The zero-order valence-electron chi connectivity index (χ0n) is 9.90. The molecule has 1 aliphatic heterocycles. The lowest BCUT2D eigenvalue weighted by Crippen LogP contribution is -2.34. The zero-order valence-corrected chi connectivity index (χ0v) is 10.7. The highest BCUT2D eigenvalue weighted by Crippen LogP contribution is 2.19. The lowest BCUT2D eigenvalue weighted by Gasteiger charge is -2.31. The molecule has 1 aromatic rings. The molecular weight excluding hydrogens is 222 g/mol. The Morgan fingerprint density at radius 3 is 2.81 bits per heavy atom. The SMILES string of the molecule is CCN1CCC(Cn2cncc2CCl)CC1. The van der Waals surface area contributed by atoms with E-state index in [9.17, 15) is 0 Å². The molecule has 0 aliphatic carbocycles. The summed E-state index contributed by atoms with van der Waals surface area (Å²) >= 11 is 5.87. The van der Waals surface area contributed by atoms with Gasteiger partial charge in [-0.2, -0.15) is 0 Å². The molecule has 0 radical (unpaired) electrons. The van der Waals surface area contributed by atoms with E-state index in [1.54, 1.807) is 0 Å². The van der Waals surface area contributed by atoms with Gasteiger partial charge in [-0.3, -0.25) is 0 Å². The van der Waals surface area contributed by atoms with Gasteiger partial charge in [0.2, 0.25) is 0 Å². The van der Waals surface area contributed by atoms with Crippen LogP contribution in [-0.4, -0.2) is 34.1 Å². The van der Waals surface area contributed by atoms with E-state index in [2.05, 4.69) is 21.4 Å². The van der Waals surface area contributed by atoms with Crippen LogP contribution in [0.5, 0.6) is 0 Å². The third-order valence-electron chi connectivity index (χ3n) is 3.54. The van der Waals surface area contributed by atoms with Crippen LogP contribution in [0, 0.1) is 5.92 Å². The molecule has 16 heavy (non-hydrogen) atoms. The number of alkyl halides is 1. The summed E-state index contributed by atoms with van der Waals surface area (Å²) in [7, 11) is 0. The van der Waals surface area contributed by atoms with Crippen LogP contribution in [0.3, 0.4) is 0 Å². The zero-order chi connectivity index (χ0) is 11.4. The number of nitrogens with zero attached hydrogens (tertiary/aromatic N) is 3. The summed E-state index contributed by atoms with van der Waals surface area (Å²) in [6, 6.07) is 0. The minimum absolute atomic E-state index is 0.563. The Kier molecular flexibility index (Phi) is 4.24. The molecule has 3 nitrogen and oxygen atoms in total. The quantitative estimate of drug-likeness (QED) is 0.755. The summed E-state index contributed by atoms with van der Waals surface area (Å²) in [4.78, 5) is 6.68. The maximum absolute atomic E-state index is 5.87. The van der Waals surface area contributed by atoms with Crippen molar-refractivity contribution in [3.63, 3.8) is 0 Å². The van der Waals surface area contributed by atoms with Crippen molar-refractivity contribution in [1.82, 2.24) is 14.5 Å². The Morgan fingerprint density at radius 2 is 2.19 bits per heavy atom. The van der Waals surface area contributed by atoms with Gasteiger partial charge in [-0.1, -0.05) is 6.92 Å². The maximum atomic E-state index is 5.87. The van der Waals surface area contributed by atoms with E-state index in [1.807, 2.05) is 12.5 Å². The molecule has 2 rings (SSSR count). The molecule has 0 unspecified atom stereocenters. The van der Waals surface area contributed by atoms with Crippen molar-refractivity contribution in [3.05, 3.63) is 18.2 Å². The van der Waals surface area contributed by atoms with Crippen molar-refractivity contribution in [2.75, 3.05) is 19.6 Å². The van der Waals surface area contributed by atoms with Gasteiger partial charge in [0.25, 0.3) is 0 Å². The highest BCUT2D eigenvalue weighted by atomic mass is 35.5. The van der Waals surface area contributed by atoms with Gasteiger partial charge in [0, 0.05) is 12.7 Å². The first kappa shape index (κ1) is 11.9. The third-order valence-corrected chi connectivity index (χ3v) is 3.82. The fraction of sp³-hybridized carbons (Fsp3) is 0.750. The smallest absolute Gasteiger partial charge is 0.0948 e. The topological polar surface area (TPSA) is 21.1 Å². The van der Waals surface area contributed by atoms with E-state index >= 15 is 0 Å². The number of rotatable bonds is 4. The number of imidazole rings is 1. The van der Waals surface area contributed by atoms with Crippen LogP contribution < -0.4 is 0 Å². The Labute approximate surface area is 102 Å². The second-order valence-corrected chi connectivity index (χ2v) is 4.82. The van der Waals surface area contributed by atoms with Gasteiger partial charge in [0.15, 0.2) is 0 Å². The molecule has 0 N–H and O–H groups in total. The fourth-order valence-electron chi connectivity index (χ4n) is 2.39. The first-order valence-electron chi connectivity index (χ1n) is 6.10. The number of likely N-dealkylation sites (tertiary alicyclic amines) is 1. The summed E-state index contributed by atoms with van der Waals surface area (Å²) in [5, 5.41) is 0. The van der Waals surface area contributed by atoms with E-state index in [0.29, 0.717) is 5.88 Å². The molecule has 0 aromatic carbocycles. The first-order chi connectivity index (χ1) is 7.83. The molecule has 0 atom stereocenters. The van der Waals surface area contributed by atoms with Crippen LogP contribution in [0.15, 0.2) is 12.5 Å². The number of halogens is 1. The second-order valence-electron chi connectivity index (χ2n) is 4.55. The summed E-state index contributed by atoms with van der Waals surface area (Å²) < 4.78 is 2.21. The van der Waals surface area contributed by atoms with Crippen LogP contribution in [0.2, 0.25) is 0 Å². The number of aromatic nitrogens is 2. The number of piperidine rings is 1. The predicted molar refractivity (Wildman–Crippen MR) is 66.6 cm³/mol. The minimum atomic E-state index is 0.563. The molecule has 1 fully saturated rings. The summed E-state index contributed by atoms with van der Waals surface area (Å²) in [6.45, 7) is 6.99. The van der Waals surface area contributed by atoms with Crippen LogP contribution in [-0.2, 0) is 12.4 Å². The van der Waals surface area contributed by atoms with Crippen molar-refractivity contribution in [2.45, 2.75) is 32.2 Å². The number of hydrogen-bond acceptors (Lipinski definition) is 2. The first-order valence-corrected chi connectivity index (χ1v) is 6.64. The van der Waals surface area contributed by atoms with Crippen LogP contribution in [0.1, 0.15) is 25.5 Å². The van der Waals surface area contributed by atoms with Crippen molar-refractivity contribution in [3.8, 4) is 0 Å². The van der Waals surface area contributed by atoms with Gasteiger partial charge in [-0.25, -0.2) is 4.98 Å². The van der Waals surface area contributed by atoms with Gasteiger partial charge in [-0.15, -0.1) is 11.6 Å². The van der Waals surface area contributed by atoms with Gasteiger partial charge < -0.3 is 9.47 Å². The Morgan fingerprint density at radius 1 is 1.44 bits per heavy atom. The molecule has 0 bridgehead atoms. The van der Waals surface area contributed by atoms with Crippen LogP contribution >= 0.6 is 11.6 Å².